The van der Waals surface area contributed by atoms with Gasteiger partial charge in [0, 0.05) is 12.8 Å². The van der Waals surface area contributed by atoms with E-state index in [0.29, 0.717) is 25.9 Å². The highest BCUT2D eigenvalue weighted by Gasteiger charge is 2.20. The lowest BCUT2D eigenvalue weighted by Crippen LogP contribution is -2.45. The molecule has 1 amide bonds. The van der Waals surface area contributed by atoms with Gasteiger partial charge in [-0.2, -0.15) is 0 Å². The zero-order valence-electron chi connectivity index (χ0n) is 48.4. The van der Waals surface area contributed by atoms with Crippen LogP contribution >= 0.6 is 0 Å². The van der Waals surface area contributed by atoms with Crippen LogP contribution in [-0.2, 0) is 14.3 Å². The highest BCUT2D eigenvalue weighted by atomic mass is 16.5. The maximum Gasteiger partial charge on any atom is 0.305 e. The van der Waals surface area contributed by atoms with Gasteiger partial charge in [-0.05, 0) is 89.9 Å². The van der Waals surface area contributed by atoms with E-state index in [1.807, 2.05) is 0 Å². The van der Waals surface area contributed by atoms with Gasteiger partial charge in [0.1, 0.15) is 0 Å². The van der Waals surface area contributed by atoms with E-state index in [1.54, 1.807) is 0 Å². The normalized spacial score (nSPS) is 12.8. The zero-order chi connectivity index (χ0) is 52.2. The minimum absolute atomic E-state index is 0.0178. The molecule has 0 aliphatic heterocycles. The van der Waals surface area contributed by atoms with Crippen LogP contribution in [0.3, 0.4) is 0 Å². The van der Waals surface area contributed by atoms with Crippen molar-refractivity contribution in [1.82, 2.24) is 5.32 Å². The van der Waals surface area contributed by atoms with Gasteiger partial charge in [0.05, 0.1) is 25.4 Å². The van der Waals surface area contributed by atoms with E-state index in [9.17, 15) is 19.8 Å². The summed E-state index contributed by atoms with van der Waals surface area (Å²) in [7, 11) is 0. The summed E-state index contributed by atoms with van der Waals surface area (Å²) in [6.45, 7) is 4.93. The number of unbranched alkanes of at least 4 members (excludes halogenated alkanes) is 43. The molecule has 2 atom stereocenters. The predicted octanol–water partition coefficient (Wildman–Crippen LogP) is 20.4. The first-order valence-corrected chi connectivity index (χ1v) is 32.2. The molecule has 0 rings (SSSR count). The van der Waals surface area contributed by atoms with Crippen LogP contribution in [-0.4, -0.2) is 47.4 Å². The van der Waals surface area contributed by atoms with E-state index in [4.69, 9.17) is 4.74 Å². The summed E-state index contributed by atoms with van der Waals surface area (Å²) in [4.78, 5) is 24.6. The number of aliphatic hydroxyl groups is 2. The monoisotopic (exact) mass is 1010 g/mol. The Bertz CT molecular complexity index is 1170. The number of carbonyl (C=O) groups excluding carboxylic acids is 2. The van der Waals surface area contributed by atoms with E-state index in [-0.39, 0.29) is 18.5 Å². The van der Waals surface area contributed by atoms with Crippen molar-refractivity contribution in [2.45, 2.75) is 360 Å². The standard InChI is InChI=1S/C66H125NO5/c1-3-5-7-9-11-13-15-17-19-21-23-24-26-30-34-38-42-46-50-54-58-64(69)63(62-68)67-65(70)59-55-51-47-43-39-35-31-27-25-29-33-37-41-45-49-53-57-61-72-66(71)60-56-52-48-44-40-36-32-28-22-20-18-16-14-12-10-8-6-4-2/h20,22,25,29,37,41,63-64,68-69H,3-19,21,23-24,26-28,30-36,38-40,42-62H2,1-2H3,(H,67,70)/b22-20-,29-25-,41-37-. The van der Waals surface area contributed by atoms with E-state index >= 15 is 0 Å². The largest absolute Gasteiger partial charge is 0.466 e. The Labute approximate surface area is 449 Å². The van der Waals surface area contributed by atoms with Crippen LogP contribution in [0.25, 0.3) is 0 Å². The third kappa shape index (κ3) is 57.4. The fraction of sp³-hybridized carbons (Fsp3) is 0.879. The summed E-state index contributed by atoms with van der Waals surface area (Å²) in [6, 6.07) is -0.555. The van der Waals surface area contributed by atoms with Crippen molar-refractivity contribution in [2.75, 3.05) is 13.2 Å². The van der Waals surface area contributed by atoms with Gasteiger partial charge in [0.2, 0.25) is 5.91 Å². The van der Waals surface area contributed by atoms with E-state index in [2.05, 4.69) is 55.6 Å². The third-order valence-electron chi connectivity index (χ3n) is 14.9. The van der Waals surface area contributed by atoms with Crippen LogP contribution in [0.5, 0.6) is 0 Å². The van der Waals surface area contributed by atoms with E-state index < -0.39 is 12.1 Å². The zero-order valence-corrected chi connectivity index (χ0v) is 48.4. The molecule has 72 heavy (non-hydrogen) atoms. The number of hydrogen-bond acceptors (Lipinski definition) is 5. The van der Waals surface area contributed by atoms with Crippen molar-refractivity contribution < 1.29 is 24.5 Å². The van der Waals surface area contributed by atoms with Crippen LogP contribution in [0.1, 0.15) is 348 Å². The first kappa shape index (κ1) is 70.1. The van der Waals surface area contributed by atoms with Crippen LogP contribution in [0.15, 0.2) is 36.5 Å². The quantitative estimate of drug-likeness (QED) is 0.0320. The molecule has 0 fully saturated rings. The molecule has 6 nitrogen and oxygen atoms in total. The van der Waals surface area contributed by atoms with Crippen molar-refractivity contribution in [1.29, 1.82) is 0 Å². The van der Waals surface area contributed by atoms with Crippen molar-refractivity contribution in [3.63, 3.8) is 0 Å². The van der Waals surface area contributed by atoms with Gasteiger partial charge >= 0.3 is 5.97 Å². The molecule has 3 N–H and O–H groups in total. The molecule has 0 aliphatic carbocycles. The average Bonchev–Trinajstić information content (AvgIpc) is 3.38. The fourth-order valence-corrected chi connectivity index (χ4v) is 9.96. The number of carbonyl (C=O) groups is 2. The second-order valence-electron chi connectivity index (χ2n) is 22.1. The van der Waals surface area contributed by atoms with Crippen LogP contribution in [0, 0.1) is 0 Å². The third-order valence-corrected chi connectivity index (χ3v) is 14.9. The van der Waals surface area contributed by atoms with Gasteiger partial charge < -0.3 is 20.3 Å². The van der Waals surface area contributed by atoms with Gasteiger partial charge in [-0.15, -0.1) is 0 Å². The van der Waals surface area contributed by atoms with E-state index in [1.165, 1.54) is 231 Å². The SMILES string of the molecule is CCCCCCCCC/C=C\CCCCCCCCCC(=O)OCCCCC/C=C\C/C=C\CCCCCCCCCC(=O)NC(CO)C(O)CCCCCCCCCCCCCCCCCCCCCC. The smallest absolute Gasteiger partial charge is 0.305 e. The van der Waals surface area contributed by atoms with Gasteiger partial charge in [0.25, 0.3) is 0 Å². The lowest BCUT2D eigenvalue weighted by molar-refractivity contribution is -0.143. The Kier molecular flexibility index (Phi) is 60.0. The number of esters is 1. The van der Waals surface area contributed by atoms with Gasteiger partial charge in [-0.1, -0.05) is 281 Å². The second kappa shape index (κ2) is 61.6. The average molecular weight is 1010 g/mol. The summed E-state index contributed by atoms with van der Waals surface area (Å²) in [5, 5.41) is 23.4. The first-order chi connectivity index (χ1) is 35.5. The van der Waals surface area contributed by atoms with Crippen molar-refractivity contribution in [3.05, 3.63) is 36.5 Å². The Morgan fingerprint density at radius 3 is 1.07 bits per heavy atom. The van der Waals surface area contributed by atoms with Crippen molar-refractivity contribution >= 4 is 11.9 Å². The number of nitrogens with one attached hydrogen (secondary N) is 1. The molecular weight excluding hydrogens is 887 g/mol. The Hall–Kier alpha value is -1.92. The maximum absolute atomic E-state index is 12.5. The second-order valence-corrected chi connectivity index (χ2v) is 22.1. The highest BCUT2D eigenvalue weighted by molar-refractivity contribution is 5.76. The highest BCUT2D eigenvalue weighted by Crippen LogP contribution is 2.18. The van der Waals surface area contributed by atoms with Crippen molar-refractivity contribution in [2.24, 2.45) is 0 Å². The van der Waals surface area contributed by atoms with Crippen LogP contribution in [0.2, 0.25) is 0 Å². The Morgan fingerprint density at radius 1 is 0.389 bits per heavy atom. The minimum atomic E-state index is -0.676. The van der Waals surface area contributed by atoms with Crippen LogP contribution in [0.4, 0.5) is 0 Å². The number of aliphatic hydroxyl groups excluding tert-OH is 2. The molecule has 2 unspecified atom stereocenters. The fourth-order valence-electron chi connectivity index (χ4n) is 9.96. The summed E-state index contributed by atoms with van der Waals surface area (Å²) >= 11 is 0. The molecule has 0 aromatic rings. The number of hydrogen-bond donors (Lipinski definition) is 3. The molecule has 0 heterocycles. The van der Waals surface area contributed by atoms with Gasteiger partial charge in [-0.3, -0.25) is 9.59 Å². The van der Waals surface area contributed by atoms with Gasteiger partial charge in [0.15, 0.2) is 0 Å². The number of rotatable bonds is 60. The summed E-state index contributed by atoms with van der Waals surface area (Å²) in [5.74, 6) is -0.0663. The molecule has 6 heteroatoms. The topological polar surface area (TPSA) is 95.9 Å². The molecule has 0 bridgehead atoms. The molecular formula is C66H125NO5. The minimum Gasteiger partial charge on any atom is -0.466 e. The lowest BCUT2D eigenvalue weighted by atomic mass is 10.0. The first-order valence-electron chi connectivity index (χ1n) is 32.2. The summed E-state index contributed by atoms with van der Waals surface area (Å²) < 4.78 is 5.47. The molecule has 0 aromatic carbocycles. The number of amides is 1. The van der Waals surface area contributed by atoms with E-state index in [0.717, 1.165) is 83.5 Å². The number of ether oxygens (including phenoxy) is 1. The van der Waals surface area contributed by atoms with Crippen molar-refractivity contribution in [3.8, 4) is 0 Å². The Balaban J connectivity index is 3.48. The molecule has 0 aromatic heterocycles. The Morgan fingerprint density at radius 2 is 0.694 bits per heavy atom. The maximum atomic E-state index is 12.5. The molecule has 0 spiro atoms. The van der Waals surface area contributed by atoms with Crippen LogP contribution < -0.4 is 5.32 Å². The summed E-state index contributed by atoms with van der Waals surface area (Å²) in [6.07, 6.45) is 77.3. The molecule has 0 radical (unpaired) electrons. The lowest BCUT2D eigenvalue weighted by Gasteiger charge is -2.22. The predicted molar refractivity (Wildman–Crippen MR) is 315 cm³/mol. The molecule has 0 saturated carbocycles. The van der Waals surface area contributed by atoms with Gasteiger partial charge in [-0.25, -0.2) is 0 Å². The number of allylic oxidation sites excluding steroid dienone is 6. The molecule has 424 valence electrons. The molecule has 0 aliphatic rings. The molecule has 0 saturated heterocycles. The summed E-state index contributed by atoms with van der Waals surface area (Å²) in [5.41, 5.74) is 0.